The van der Waals surface area contributed by atoms with E-state index in [0.29, 0.717) is 6.61 Å². The Bertz CT molecular complexity index is 991. The van der Waals surface area contributed by atoms with E-state index in [1.54, 1.807) is 0 Å². The van der Waals surface area contributed by atoms with Crippen LogP contribution >= 0.6 is 23.8 Å². The molecule has 1 saturated heterocycles. The van der Waals surface area contributed by atoms with Gasteiger partial charge in [-0.3, -0.25) is 0 Å². The molecular formula is C23H25ClN2OS. The number of likely N-dealkylation sites (tertiary alicyclic amines) is 1. The van der Waals surface area contributed by atoms with Gasteiger partial charge in [-0.15, -0.1) is 0 Å². The summed E-state index contributed by atoms with van der Waals surface area (Å²) in [6.07, 6.45) is 5.96. The quantitative estimate of drug-likeness (QED) is 0.490. The van der Waals surface area contributed by atoms with Gasteiger partial charge in [0.1, 0.15) is 17.3 Å². The lowest BCUT2D eigenvalue weighted by Crippen LogP contribution is -2.34. The SMILES string of the molecule is Cc1cc(OCCn2cc(C(=S)N3CCCCC3)c3ccccc32)ccc1Cl. The van der Waals surface area contributed by atoms with Crippen LogP contribution in [0.5, 0.6) is 5.75 Å². The van der Waals surface area contributed by atoms with E-state index >= 15 is 0 Å². The lowest BCUT2D eigenvalue weighted by atomic mass is 10.1. The molecule has 2 heterocycles. The summed E-state index contributed by atoms with van der Waals surface area (Å²) in [6, 6.07) is 14.3. The number of aryl methyl sites for hydroxylation is 1. The van der Waals surface area contributed by atoms with E-state index in [0.717, 1.165) is 46.5 Å². The predicted octanol–water partition coefficient (Wildman–Crippen LogP) is 5.84. The zero-order valence-electron chi connectivity index (χ0n) is 16.2. The number of aromatic nitrogens is 1. The Morgan fingerprint density at radius 2 is 1.89 bits per heavy atom. The van der Waals surface area contributed by atoms with Gasteiger partial charge in [0.15, 0.2) is 0 Å². The first-order valence-corrected chi connectivity index (χ1v) is 10.7. The van der Waals surface area contributed by atoms with Gasteiger partial charge in [-0.05, 0) is 56.0 Å². The summed E-state index contributed by atoms with van der Waals surface area (Å²) in [5, 5.41) is 1.99. The number of halogens is 1. The molecule has 0 amide bonds. The average molecular weight is 413 g/mol. The lowest BCUT2D eigenvalue weighted by Gasteiger charge is -2.28. The predicted molar refractivity (Wildman–Crippen MR) is 121 cm³/mol. The Morgan fingerprint density at radius 3 is 2.68 bits per heavy atom. The van der Waals surface area contributed by atoms with Crippen molar-refractivity contribution < 1.29 is 4.74 Å². The molecular weight excluding hydrogens is 388 g/mol. The summed E-state index contributed by atoms with van der Waals surface area (Å²) in [5.74, 6) is 0.849. The van der Waals surface area contributed by atoms with Gasteiger partial charge >= 0.3 is 0 Å². The highest BCUT2D eigenvalue weighted by atomic mass is 35.5. The Hall–Kier alpha value is -2.04. The molecule has 2 aromatic carbocycles. The molecule has 4 rings (SSSR count). The average Bonchev–Trinajstić information content (AvgIpc) is 3.09. The monoisotopic (exact) mass is 412 g/mol. The molecule has 0 spiro atoms. The number of benzene rings is 2. The van der Waals surface area contributed by atoms with Crippen molar-refractivity contribution in [3.63, 3.8) is 0 Å². The molecule has 146 valence electrons. The molecule has 1 fully saturated rings. The Morgan fingerprint density at radius 1 is 1.11 bits per heavy atom. The standard InChI is InChI=1S/C23H25ClN2OS/c1-17-15-18(9-10-21(17)24)27-14-13-26-16-20(19-7-3-4-8-22(19)26)23(28)25-11-5-2-6-12-25/h3-4,7-10,15-16H,2,5-6,11-14H2,1H3. The maximum Gasteiger partial charge on any atom is 0.119 e. The molecule has 0 N–H and O–H groups in total. The molecule has 3 nitrogen and oxygen atoms in total. The molecule has 1 aromatic heterocycles. The summed E-state index contributed by atoms with van der Waals surface area (Å²) < 4.78 is 8.21. The van der Waals surface area contributed by atoms with Crippen LogP contribution in [-0.4, -0.2) is 34.2 Å². The van der Waals surface area contributed by atoms with E-state index in [1.807, 2.05) is 25.1 Å². The summed E-state index contributed by atoms with van der Waals surface area (Å²) in [4.78, 5) is 3.33. The first kappa shape index (κ1) is 19.3. The summed E-state index contributed by atoms with van der Waals surface area (Å²) in [6.45, 7) is 5.48. The zero-order chi connectivity index (χ0) is 19.5. The normalized spacial score (nSPS) is 14.4. The van der Waals surface area contributed by atoms with Crippen LogP contribution in [0.15, 0.2) is 48.7 Å². The first-order valence-electron chi connectivity index (χ1n) is 9.89. The molecule has 0 radical (unpaired) electrons. The van der Waals surface area contributed by atoms with E-state index < -0.39 is 0 Å². The van der Waals surface area contributed by atoms with Crippen LogP contribution in [-0.2, 0) is 6.54 Å². The third-order valence-corrected chi connectivity index (χ3v) is 6.29. The van der Waals surface area contributed by atoms with Crippen molar-refractivity contribution in [2.24, 2.45) is 0 Å². The number of ether oxygens (including phenoxy) is 1. The van der Waals surface area contributed by atoms with Gasteiger partial charge in [0.05, 0.1) is 6.54 Å². The molecule has 1 aliphatic rings. The van der Waals surface area contributed by atoms with E-state index in [1.165, 1.54) is 30.2 Å². The summed E-state index contributed by atoms with van der Waals surface area (Å²) in [7, 11) is 0. The highest BCUT2D eigenvalue weighted by Gasteiger charge is 2.19. The Kier molecular flexibility index (Phi) is 5.88. The molecule has 0 aliphatic carbocycles. The first-order chi connectivity index (χ1) is 13.6. The smallest absolute Gasteiger partial charge is 0.119 e. The van der Waals surface area contributed by atoms with Gasteiger partial charge in [0, 0.05) is 40.8 Å². The number of thiocarbonyl (C=S) groups is 1. The van der Waals surface area contributed by atoms with Gasteiger partial charge in [-0.25, -0.2) is 0 Å². The van der Waals surface area contributed by atoms with Crippen LogP contribution in [0.1, 0.15) is 30.4 Å². The van der Waals surface area contributed by atoms with Gasteiger partial charge in [-0.1, -0.05) is 42.0 Å². The molecule has 0 saturated carbocycles. The molecule has 0 bridgehead atoms. The highest BCUT2D eigenvalue weighted by molar-refractivity contribution is 7.80. The fraction of sp³-hybridized carbons (Fsp3) is 0.348. The molecule has 1 aliphatic heterocycles. The fourth-order valence-electron chi connectivity index (χ4n) is 3.84. The minimum Gasteiger partial charge on any atom is -0.492 e. The van der Waals surface area contributed by atoms with Crippen LogP contribution in [0.3, 0.4) is 0 Å². The number of para-hydroxylation sites is 1. The van der Waals surface area contributed by atoms with Crippen LogP contribution in [0.2, 0.25) is 5.02 Å². The molecule has 0 unspecified atom stereocenters. The van der Waals surface area contributed by atoms with Gasteiger partial charge < -0.3 is 14.2 Å². The van der Waals surface area contributed by atoms with E-state index in [4.69, 9.17) is 28.6 Å². The van der Waals surface area contributed by atoms with Crippen molar-refractivity contribution in [3.05, 3.63) is 64.8 Å². The van der Waals surface area contributed by atoms with Gasteiger partial charge in [0.25, 0.3) is 0 Å². The summed E-state index contributed by atoms with van der Waals surface area (Å²) in [5.41, 5.74) is 3.39. The summed E-state index contributed by atoms with van der Waals surface area (Å²) >= 11 is 12.0. The van der Waals surface area contributed by atoms with Crippen molar-refractivity contribution in [1.29, 1.82) is 0 Å². The maximum atomic E-state index is 6.10. The second-order valence-electron chi connectivity index (χ2n) is 7.37. The van der Waals surface area contributed by atoms with Gasteiger partial charge in [-0.2, -0.15) is 0 Å². The van der Waals surface area contributed by atoms with Crippen LogP contribution in [0, 0.1) is 6.92 Å². The molecule has 5 heteroatoms. The van der Waals surface area contributed by atoms with Crippen molar-refractivity contribution in [2.45, 2.75) is 32.7 Å². The van der Waals surface area contributed by atoms with Crippen LogP contribution in [0.25, 0.3) is 10.9 Å². The highest BCUT2D eigenvalue weighted by Crippen LogP contribution is 2.25. The van der Waals surface area contributed by atoms with E-state index in [9.17, 15) is 0 Å². The van der Waals surface area contributed by atoms with E-state index in [-0.39, 0.29) is 0 Å². The second kappa shape index (κ2) is 8.54. The van der Waals surface area contributed by atoms with Crippen molar-refractivity contribution in [1.82, 2.24) is 9.47 Å². The molecule has 0 atom stereocenters. The number of piperidine rings is 1. The fourth-order valence-corrected chi connectivity index (χ4v) is 4.30. The third-order valence-electron chi connectivity index (χ3n) is 5.39. The Labute approximate surface area is 176 Å². The molecule has 28 heavy (non-hydrogen) atoms. The number of rotatable bonds is 5. The minimum absolute atomic E-state index is 0.593. The van der Waals surface area contributed by atoms with E-state index in [2.05, 4.69) is 39.9 Å². The third kappa shape index (κ3) is 4.03. The molecule has 3 aromatic rings. The number of hydrogen-bond donors (Lipinski definition) is 0. The van der Waals surface area contributed by atoms with Gasteiger partial charge in [0.2, 0.25) is 0 Å². The zero-order valence-corrected chi connectivity index (χ0v) is 17.7. The largest absolute Gasteiger partial charge is 0.492 e. The van der Waals surface area contributed by atoms with Crippen molar-refractivity contribution >= 4 is 39.7 Å². The van der Waals surface area contributed by atoms with Crippen LogP contribution in [0.4, 0.5) is 0 Å². The second-order valence-corrected chi connectivity index (χ2v) is 8.16. The number of fused-ring (bicyclic) bond motifs is 1. The Balaban J connectivity index is 1.52. The van der Waals surface area contributed by atoms with Crippen molar-refractivity contribution in [3.8, 4) is 5.75 Å². The lowest BCUT2D eigenvalue weighted by molar-refractivity contribution is 0.300. The van der Waals surface area contributed by atoms with Crippen LogP contribution < -0.4 is 4.74 Å². The minimum atomic E-state index is 0.593. The topological polar surface area (TPSA) is 17.4 Å². The number of hydrogen-bond acceptors (Lipinski definition) is 2. The maximum absolute atomic E-state index is 6.10. The number of nitrogens with zero attached hydrogens (tertiary/aromatic N) is 2. The van der Waals surface area contributed by atoms with Crippen molar-refractivity contribution in [2.75, 3.05) is 19.7 Å².